The van der Waals surface area contributed by atoms with E-state index in [-0.39, 0.29) is 23.5 Å². The van der Waals surface area contributed by atoms with Crippen LogP contribution in [0.1, 0.15) is 20.8 Å². The molecule has 1 rings (SSSR count). The van der Waals surface area contributed by atoms with Crippen LogP contribution in [0.25, 0.3) is 0 Å². The lowest BCUT2D eigenvalue weighted by molar-refractivity contribution is 0.244. The summed E-state index contributed by atoms with van der Waals surface area (Å²) in [6.45, 7) is 6.26. The lowest BCUT2D eigenvalue weighted by Crippen LogP contribution is -2.30. The van der Waals surface area contributed by atoms with E-state index in [9.17, 15) is 8.42 Å². The average molecular weight is 286 g/mol. The molecule has 0 heterocycles. The molecule has 0 amide bonds. The molecule has 0 bridgehead atoms. The normalized spacial score (nSPS) is 13.5. The Morgan fingerprint density at radius 3 is 2.21 bits per heavy atom. The quantitative estimate of drug-likeness (QED) is 0.708. The highest BCUT2D eigenvalue weighted by molar-refractivity contribution is 7.89. The van der Waals surface area contributed by atoms with Gasteiger partial charge in [-0.25, -0.2) is 13.1 Å². The monoisotopic (exact) mass is 286 g/mol. The maximum Gasteiger partial charge on any atom is 0.240 e. The van der Waals surface area contributed by atoms with Crippen LogP contribution < -0.4 is 10.0 Å². The van der Waals surface area contributed by atoms with Gasteiger partial charge in [-0.1, -0.05) is 6.92 Å². The lowest BCUT2D eigenvalue weighted by Gasteiger charge is -2.12. The van der Waals surface area contributed by atoms with E-state index in [0.29, 0.717) is 6.54 Å². The standard InChI is InChI=1S/C13H22N2O3S/c1-10(2)15-19(17,18)13-6-4-12(5-7-13)14-8-11(3)9-16/h4-7,10-11,14-16H,8-9H2,1-3H3. The number of aliphatic hydroxyl groups is 1. The van der Waals surface area contributed by atoms with Crippen molar-refractivity contribution in [1.29, 1.82) is 0 Å². The molecule has 1 atom stereocenters. The minimum atomic E-state index is -3.43. The first-order chi connectivity index (χ1) is 8.85. The Morgan fingerprint density at radius 2 is 1.74 bits per heavy atom. The lowest BCUT2D eigenvalue weighted by atomic mass is 10.2. The van der Waals surface area contributed by atoms with Crippen molar-refractivity contribution in [2.24, 2.45) is 5.92 Å². The second-order valence-corrected chi connectivity index (χ2v) is 6.68. The average Bonchev–Trinajstić information content (AvgIpc) is 2.35. The third kappa shape index (κ3) is 5.18. The molecule has 3 N–H and O–H groups in total. The fourth-order valence-corrected chi connectivity index (χ4v) is 2.74. The van der Waals surface area contributed by atoms with Gasteiger partial charge in [0.25, 0.3) is 0 Å². The Labute approximate surface area is 115 Å². The maximum atomic E-state index is 11.9. The van der Waals surface area contributed by atoms with Crippen molar-refractivity contribution in [2.75, 3.05) is 18.5 Å². The third-order valence-electron chi connectivity index (χ3n) is 2.52. The molecule has 0 aromatic heterocycles. The summed E-state index contributed by atoms with van der Waals surface area (Å²) in [5.74, 6) is 0.158. The number of anilines is 1. The van der Waals surface area contributed by atoms with Gasteiger partial charge < -0.3 is 10.4 Å². The van der Waals surface area contributed by atoms with Crippen molar-refractivity contribution in [3.63, 3.8) is 0 Å². The topological polar surface area (TPSA) is 78.4 Å². The Bertz CT molecular complexity index is 483. The molecule has 0 aliphatic heterocycles. The molecular formula is C13H22N2O3S. The molecule has 0 aliphatic carbocycles. The molecule has 0 saturated heterocycles. The highest BCUT2D eigenvalue weighted by atomic mass is 32.2. The summed E-state index contributed by atoms with van der Waals surface area (Å²) in [5.41, 5.74) is 0.837. The van der Waals surface area contributed by atoms with Crippen LogP contribution in [-0.2, 0) is 10.0 Å². The predicted octanol–water partition coefficient (Wildman–Crippen LogP) is 1.41. The van der Waals surface area contributed by atoms with Crippen LogP contribution in [-0.4, -0.2) is 32.7 Å². The van der Waals surface area contributed by atoms with Crippen molar-refractivity contribution in [3.8, 4) is 0 Å². The number of aliphatic hydroxyl groups excluding tert-OH is 1. The molecule has 108 valence electrons. The smallest absolute Gasteiger partial charge is 0.240 e. The van der Waals surface area contributed by atoms with Gasteiger partial charge in [0.05, 0.1) is 4.90 Å². The van der Waals surface area contributed by atoms with Crippen molar-refractivity contribution in [2.45, 2.75) is 31.7 Å². The number of rotatable bonds is 7. The molecular weight excluding hydrogens is 264 g/mol. The molecule has 0 saturated carbocycles. The van der Waals surface area contributed by atoms with Crippen LogP contribution in [0.3, 0.4) is 0 Å². The van der Waals surface area contributed by atoms with Crippen molar-refractivity contribution in [1.82, 2.24) is 4.72 Å². The Balaban J connectivity index is 2.71. The number of nitrogens with one attached hydrogen (secondary N) is 2. The van der Waals surface area contributed by atoms with E-state index in [1.165, 1.54) is 0 Å². The molecule has 0 radical (unpaired) electrons. The summed E-state index contributed by atoms with van der Waals surface area (Å²) in [7, 11) is -3.43. The van der Waals surface area contributed by atoms with Crippen molar-refractivity contribution >= 4 is 15.7 Å². The van der Waals surface area contributed by atoms with Gasteiger partial charge >= 0.3 is 0 Å². The molecule has 0 fully saturated rings. The van der Waals surface area contributed by atoms with E-state index in [2.05, 4.69) is 10.0 Å². The van der Waals surface area contributed by atoms with Crippen LogP contribution in [0.15, 0.2) is 29.2 Å². The van der Waals surface area contributed by atoms with Crippen LogP contribution in [0.5, 0.6) is 0 Å². The van der Waals surface area contributed by atoms with E-state index in [1.54, 1.807) is 38.1 Å². The fraction of sp³-hybridized carbons (Fsp3) is 0.538. The van der Waals surface area contributed by atoms with E-state index in [1.807, 2.05) is 6.92 Å². The Morgan fingerprint density at radius 1 is 1.16 bits per heavy atom. The zero-order chi connectivity index (χ0) is 14.5. The zero-order valence-corrected chi connectivity index (χ0v) is 12.4. The minimum Gasteiger partial charge on any atom is -0.396 e. The number of benzene rings is 1. The predicted molar refractivity (Wildman–Crippen MR) is 76.6 cm³/mol. The van der Waals surface area contributed by atoms with Gasteiger partial charge in [-0.3, -0.25) is 0 Å². The second kappa shape index (κ2) is 6.88. The molecule has 0 aliphatic rings. The molecule has 1 aromatic rings. The van der Waals surface area contributed by atoms with E-state index < -0.39 is 10.0 Å². The van der Waals surface area contributed by atoms with E-state index in [4.69, 9.17) is 5.11 Å². The summed E-state index contributed by atoms with van der Waals surface area (Å²) in [6.07, 6.45) is 0. The number of hydrogen-bond donors (Lipinski definition) is 3. The van der Waals surface area contributed by atoms with E-state index >= 15 is 0 Å². The Hall–Kier alpha value is -1.11. The Kier molecular flexibility index (Phi) is 5.78. The summed E-state index contributed by atoms with van der Waals surface area (Å²) >= 11 is 0. The van der Waals surface area contributed by atoms with Gasteiger partial charge in [-0.05, 0) is 44.0 Å². The second-order valence-electron chi connectivity index (χ2n) is 4.97. The number of sulfonamides is 1. The van der Waals surface area contributed by atoms with Crippen molar-refractivity contribution < 1.29 is 13.5 Å². The molecule has 6 heteroatoms. The van der Waals surface area contributed by atoms with Gasteiger partial charge in [0.1, 0.15) is 0 Å². The molecule has 5 nitrogen and oxygen atoms in total. The van der Waals surface area contributed by atoms with Gasteiger partial charge in [-0.15, -0.1) is 0 Å². The summed E-state index contributed by atoms with van der Waals surface area (Å²) in [4.78, 5) is 0.252. The summed E-state index contributed by atoms with van der Waals surface area (Å²) in [5, 5.41) is 12.1. The first-order valence-electron chi connectivity index (χ1n) is 6.32. The maximum absolute atomic E-state index is 11.9. The first kappa shape index (κ1) is 15.9. The van der Waals surface area contributed by atoms with Gasteiger partial charge in [-0.2, -0.15) is 0 Å². The highest BCUT2D eigenvalue weighted by Gasteiger charge is 2.14. The molecule has 1 unspecified atom stereocenters. The molecule has 0 spiro atoms. The van der Waals surface area contributed by atoms with Crippen LogP contribution >= 0.6 is 0 Å². The van der Waals surface area contributed by atoms with Crippen molar-refractivity contribution in [3.05, 3.63) is 24.3 Å². The van der Waals surface area contributed by atoms with Gasteiger partial charge in [0.15, 0.2) is 0 Å². The first-order valence-corrected chi connectivity index (χ1v) is 7.80. The minimum absolute atomic E-state index is 0.123. The van der Waals surface area contributed by atoms with Gasteiger partial charge in [0.2, 0.25) is 10.0 Å². The van der Waals surface area contributed by atoms with E-state index in [0.717, 1.165) is 5.69 Å². The number of hydrogen-bond acceptors (Lipinski definition) is 4. The molecule has 1 aromatic carbocycles. The summed E-state index contributed by atoms with van der Waals surface area (Å²) in [6, 6.07) is 6.44. The summed E-state index contributed by atoms with van der Waals surface area (Å²) < 4.78 is 26.3. The zero-order valence-electron chi connectivity index (χ0n) is 11.6. The van der Waals surface area contributed by atoms with Crippen LogP contribution in [0.2, 0.25) is 0 Å². The SMILES string of the molecule is CC(CO)CNc1ccc(S(=O)(=O)NC(C)C)cc1. The largest absolute Gasteiger partial charge is 0.396 e. The van der Waals surface area contributed by atoms with Crippen LogP contribution in [0.4, 0.5) is 5.69 Å². The fourth-order valence-electron chi connectivity index (χ4n) is 1.49. The van der Waals surface area contributed by atoms with Gasteiger partial charge in [0, 0.05) is 24.9 Å². The van der Waals surface area contributed by atoms with Crippen LogP contribution in [0, 0.1) is 5.92 Å². The highest BCUT2D eigenvalue weighted by Crippen LogP contribution is 2.14. The third-order valence-corrected chi connectivity index (χ3v) is 4.20. The molecule has 19 heavy (non-hydrogen) atoms.